The van der Waals surface area contributed by atoms with Crippen molar-refractivity contribution in [3.05, 3.63) is 35.4 Å². The van der Waals surface area contributed by atoms with Gasteiger partial charge in [-0.3, -0.25) is 0 Å². The summed E-state index contributed by atoms with van der Waals surface area (Å²) in [6.07, 6.45) is 0. The number of carbonyl (C=O) groups is 3. The van der Waals surface area contributed by atoms with Gasteiger partial charge in [0.05, 0.1) is 25.4 Å². The zero-order valence-electron chi connectivity index (χ0n) is 13.3. The summed E-state index contributed by atoms with van der Waals surface area (Å²) in [5, 5.41) is 0. The highest BCUT2D eigenvalue weighted by Crippen LogP contribution is 2.30. The van der Waals surface area contributed by atoms with Crippen molar-refractivity contribution >= 4 is 17.9 Å². The molecule has 0 bridgehead atoms. The number of ether oxygens (including phenoxy) is 3. The normalized spacial score (nSPS) is 10.8. The molecule has 0 fully saturated rings. The van der Waals surface area contributed by atoms with Crippen LogP contribution in [0.5, 0.6) is 0 Å². The Morgan fingerprint density at radius 1 is 0.957 bits per heavy atom. The molecule has 0 amide bonds. The Morgan fingerprint density at radius 3 is 1.96 bits per heavy atom. The molecule has 7 heteroatoms. The van der Waals surface area contributed by atoms with Crippen molar-refractivity contribution in [2.75, 3.05) is 19.8 Å². The van der Waals surface area contributed by atoms with E-state index in [1.54, 1.807) is 6.92 Å². The zero-order valence-corrected chi connectivity index (χ0v) is 13.3. The van der Waals surface area contributed by atoms with Gasteiger partial charge >= 0.3 is 23.6 Å². The number of alkyl halides is 1. The van der Waals surface area contributed by atoms with E-state index in [1.807, 2.05) is 0 Å². The molecule has 0 aromatic heterocycles. The first-order valence-corrected chi connectivity index (χ1v) is 7.22. The maximum Gasteiger partial charge on any atom is 0.360 e. The minimum Gasteiger partial charge on any atom is -0.463 e. The van der Waals surface area contributed by atoms with Crippen LogP contribution in [0.3, 0.4) is 0 Å². The standard InChI is InChI=1S/C16H19FO6/c1-4-21-13(18)11-8-7-9-12(10-11)16(17,14(19)22-5-2)15(20)23-6-3/h7-10H,4-6H2,1-3H3. The molecule has 0 spiro atoms. The largest absolute Gasteiger partial charge is 0.463 e. The number of hydrogen-bond acceptors (Lipinski definition) is 6. The van der Waals surface area contributed by atoms with Crippen LogP contribution in [-0.2, 0) is 29.5 Å². The molecule has 0 N–H and O–H groups in total. The molecule has 0 radical (unpaired) electrons. The first-order valence-electron chi connectivity index (χ1n) is 7.22. The van der Waals surface area contributed by atoms with Crippen LogP contribution in [0.1, 0.15) is 36.7 Å². The van der Waals surface area contributed by atoms with Crippen molar-refractivity contribution in [3.8, 4) is 0 Å². The van der Waals surface area contributed by atoms with Crippen LogP contribution in [0.2, 0.25) is 0 Å². The Hall–Kier alpha value is -2.44. The van der Waals surface area contributed by atoms with Crippen LogP contribution in [-0.4, -0.2) is 37.7 Å². The molecule has 0 heterocycles. The van der Waals surface area contributed by atoms with Gasteiger partial charge in [-0.15, -0.1) is 0 Å². The molecule has 0 saturated carbocycles. The molecule has 0 atom stereocenters. The highest BCUT2D eigenvalue weighted by atomic mass is 19.1. The number of carbonyl (C=O) groups excluding carboxylic acids is 3. The van der Waals surface area contributed by atoms with Gasteiger partial charge < -0.3 is 14.2 Å². The van der Waals surface area contributed by atoms with Crippen molar-refractivity contribution in [2.24, 2.45) is 0 Å². The number of benzene rings is 1. The maximum absolute atomic E-state index is 15.2. The van der Waals surface area contributed by atoms with Crippen molar-refractivity contribution in [1.29, 1.82) is 0 Å². The van der Waals surface area contributed by atoms with E-state index in [0.29, 0.717) is 0 Å². The average Bonchev–Trinajstić information content (AvgIpc) is 2.54. The summed E-state index contributed by atoms with van der Waals surface area (Å²) >= 11 is 0. The number of rotatable bonds is 7. The summed E-state index contributed by atoms with van der Waals surface area (Å²) in [4.78, 5) is 35.7. The van der Waals surface area contributed by atoms with Gasteiger partial charge in [0.25, 0.3) is 0 Å². The molecule has 0 aliphatic rings. The number of halogens is 1. The third-order valence-electron chi connectivity index (χ3n) is 2.88. The SMILES string of the molecule is CCOC(=O)c1cccc(C(F)(C(=O)OCC)C(=O)OCC)c1. The van der Waals surface area contributed by atoms with Crippen LogP contribution >= 0.6 is 0 Å². The fraction of sp³-hybridized carbons (Fsp3) is 0.438. The number of hydrogen-bond donors (Lipinski definition) is 0. The predicted octanol–water partition coefficient (Wildman–Crippen LogP) is 2.15. The van der Waals surface area contributed by atoms with Crippen LogP contribution in [0, 0.1) is 0 Å². The van der Waals surface area contributed by atoms with Gasteiger partial charge in [0, 0.05) is 5.56 Å². The van der Waals surface area contributed by atoms with Crippen LogP contribution < -0.4 is 0 Å². The Kier molecular flexibility index (Phi) is 6.68. The second kappa shape index (κ2) is 8.26. The van der Waals surface area contributed by atoms with Crippen LogP contribution in [0.4, 0.5) is 4.39 Å². The van der Waals surface area contributed by atoms with Gasteiger partial charge in [-0.1, -0.05) is 12.1 Å². The lowest BCUT2D eigenvalue weighted by Gasteiger charge is -2.22. The highest BCUT2D eigenvalue weighted by molar-refractivity contribution is 6.04. The summed E-state index contributed by atoms with van der Waals surface area (Å²) in [6, 6.07) is 5.01. The average molecular weight is 326 g/mol. The molecule has 1 rings (SSSR count). The minimum atomic E-state index is -3.14. The third-order valence-corrected chi connectivity index (χ3v) is 2.88. The molecule has 0 unspecified atom stereocenters. The molecule has 126 valence electrons. The molecule has 1 aromatic carbocycles. The lowest BCUT2D eigenvalue weighted by Crippen LogP contribution is -2.42. The Balaban J connectivity index is 3.32. The smallest absolute Gasteiger partial charge is 0.360 e. The lowest BCUT2D eigenvalue weighted by molar-refractivity contribution is -0.175. The van der Waals surface area contributed by atoms with Gasteiger partial charge in [0.15, 0.2) is 0 Å². The Labute approximate surface area is 133 Å². The molecular formula is C16H19FO6. The molecule has 1 aromatic rings. The van der Waals surface area contributed by atoms with E-state index in [1.165, 1.54) is 32.0 Å². The zero-order chi connectivity index (χ0) is 17.5. The van der Waals surface area contributed by atoms with Gasteiger partial charge in [0.2, 0.25) is 0 Å². The molecule has 23 heavy (non-hydrogen) atoms. The van der Waals surface area contributed by atoms with Crippen molar-refractivity contribution in [3.63, 3.8) is 0 Å². The molecule has 0 aliphatic heterocycles. The monoisotopic (exact) mass is 326 g/mol. The summed E-state index contributed by atoms with van der Waals surface area (Å²) < 4.78 is 29.3. The van der Waals surface area contributed by atoms with E-state index in [-0.39, 0.29) is 30.9 Å². The summed E-state index contributed by atoms with van der Waals surface area (Å²) in [5.41, 5.74) is -3.48. The van der Waals surface area contributed by atoms with E-state index in [2.05, 4.69) is 9.47 Å². The van der Waals surface area contributed by atoms with E-state index in [9.17, 15) is 14.4 Å². The maximum atomic E-state index is 15.2. The van der Waals surface area contributed by atoms with Crippen molar-refractivity contribution in [2.45, 2.75) is 26.4 Å². The second-order valence-electron chi connectivity index (χ2n) is 4.40. The fourth-order valence-electron chi connectivity index (χ4n) is 1.85. The molecule has 6 nitrogen and oxygen atoms in total. The van der Waals surface area contributed by atoms with Gasteiger partial charge in [0.1, 0.15) is 0 Å². The Bertz CT molecular complexity index is 566. The molecule has 0 saturated heterocycles. The highest BCUT2D eigenvalue weighted by Gasteiger charge is 2.52. The van der Waals surface area contributed by atoms with Crippen LogP contribution in [0.15, 0.2) is 24.3 Å². The second-order valence-corrected chi connectivity index (χ2v) is 4.40. The first-order chi connectivity index (χ1) is 10.9. The summed E-state index contributed by atoms with van der Waals surface area (Å²) in [5.74, 6) is -3.47. The van der Waals surface area contributed by atoms with Crippen molar-refractivity contribution < 1.29 is 33.0 Å². The molecular weight excluding hydrogens is 307 g/mol. The van der Waals surface area contributed by atoms with E-state index in [4.69, 9.17) is 4.74 Å². The first kappa shape index (κ1) is 18.6. The van der Waals surface area contributed by atoms with E-state index < -0.39 is 23.6 Å². The van der Waals surface area contributed by atoms with Crippen LogP contribution in [0.25, 0.3) is 0 Å². The van der Waals surface area contributed by atoms with Gasteiger partial charge in [-0.25, -0.2) is 18.8 Å². The number of esters is 3. The van der Waals surface area contributed by atoms with Crippen molar-refractivity contribution in [1.82, 2.24) is 0 Å². The lowest BCUT2D eigenvalue weighted by atomic mass is 9.94. The fourth-order valence-corrected chi connectivity index (χ4v) is 1.85. The predicted molar refractivity (Wildman–Crippen MR) is 78.5 cm³/mol. The quantitative estimate of drug-likeness (QED) is 0.434. The summed E-state index contributed by atoms with van der Waals surface area (Å²) in [6.45, 7) is 4.51. The Morgan fingerprint density at radius 2 is 1.48 bits per heavy atom. The topological polar surface area (TPSA) is 78.9 Å². The van der Waals surface area contributed by atoms with Gasteiger partial charge in [-0.05, 0) is 32.9 Å². The van der Waals surface area contributed by atoms with Gasteiger partial charge in [-0.2, -0.15) is 0 Å². The van der Waals surface area contributed by atoms with E-state index in [0.717, 1.165) is 6.07 Å². The molecule has 0 aliphatic carbocycles. The minimum absolute atomic E-state index is 0.0139. The van der Waals surface area contributed by atoms with E-state index >= 15 is 4.39 Å². The summed E-state index contributed by atoms with van der Waals surface area (Å²) in [7, 11) is 0. The third kappa shape index (κ3) is 4.06.